The highest BCUT2D eigenvalue weighted by atomic mass is 32.2. The fraction of sp³-hybridized carbons (Fsp3) is 0.222. The second-order valence-electron chi connectivity index (χ2n) is 3.80. The van der Waals surface area contributed by atoms with Crippen LogP contribution in [0.4, 0.5) is 10.1 Å². The standard InChI is InChI=1S/C9H11FN2O5S2/c1-18(14,15)5-9(13)12-7-4-6(10)2-3-8(7)19(11,16)17/h2-4H,5H2,1H3,(H,12,13)(H2,11,16,17). The van der Waals surface area contributed by atoms with Crippen molar-refractivity contribution in [1.29, 1.82) is 0 Å². The van der Waals surface area contributed by atoms with Crippen molar-refractivity contribution in [2.75, 3.05) is 17.3 Å². The van der Waals surface area contributed by atoms with Crippen LogP contribution in [0.2, 0.25) is 0 Å². The minimum absolute atomic E-state index is 0.406. The summed E-state index contributed by atoms with van der Waals surface area (Å²) in [5.74, 6) is -2.65. The molecule has 0 heterocycles. The highest BCUT2D eigenvalue weighted by Gasteiger charge is 2.18. The summed E-state index contributed by atoms with van der Waals surface area (Å²) < 4.78 is 57.3. The summed E-state index contributed by atoms with van der Waals surface area (Å²) in [4.78, 5) is 10.9. The number of nitrogens with two attached hydrogens (primary N) is 1. The lowest BCUT2D eigenvalue weighted by atomic mass is 10.3. The van der Waals surface area contributed by atoms with Crippen molar-refractivity contribution >= 4 is 31.5 Å². The number of hydrogen-bond acceptors (Lipinski definition) is 5. The Morgan fingerprint density at radius 1 is 1.32 bits per heavy atom. The predicted octanol–water partition coefficient (Wildman–Crippen LogP) is -0.544. The number of halogens is 1. The zero-order chi connectivity index (χ0) is 14.8. The number of benzene rings is 1. The summed E-state index contributed by atoms with van der Waals surface area (Å²) in [5.41, 5.74) is -0.406. The normalized spacial score (nSPS) is 12.2. The van der Waals surface area contributed by atoms with Crippen LogP contribution in [0.3, 0.4) is 0 Å². The number of carbonyl (C=O) groups is 1. The molecule has 1 rings (SSSR count). The largest absolute Gasteiger partial charge is 0.324 e. The lowest BCUT2D eigenvalue weighted by molar-refractivity contribution is -0.113. The number of primary sulfonamides is 1. The van der Waals surface area contributed by atoms with Crippen LogP contribution in [-0.4, -0.2) is 34.8 Å². The van der Waals surface area contributed by atoms with E-state index in [1.165, 1.54) is 0 Å². The molecule has 1 aromatic carbocycles. The Morgan fingerprint density at radius 2 is 1.89 bits per heavy atom. The zero-order valence-electron chi connectivity index (χ0n) is 9.75. The van der Waals surface area contributed by atoms with Gasteiger partial charge in [-0.25, -0.2) is 26.4 Å². The van der Waals surface area contributed by atoms with Gasteiger partial charge in [-0.05, 0) is 18.2 Å². The summed E-state index contributed by atoms with van der Waals surface area (Å²) in [6.07, 6.45) is 0.832. The third-order valence-electron chi connectivity index (χ3n) is 1.92. The number of rotatable bonds is 4. The topological polar surface area (TPSA) is 123 Å². The van der Waals surface area contributed by atoms with Crippen molar-refractivity contribution in [3.63, 3.8) is 0 Å². The molecule has 0 radical (unpaired) electrons. The number of sulfonamides is 1. The number of anilines is 1. The van der Waals surface area contributed by atoms with Gasteiger partial charge in [0.15, 0.2) is 9.84 Å². The minimum atomic E-state index is -4.17. The van der Waals surface area contributed by atoms with Crippen molar-refractivity contribution in [2.24, 2.45) is 5.14 Å². The van der Waals surface area contributed by atoms with Crippen LogP contribution >= 0.6 is 0 Å². The Morgan fingerprint density at radius 3 is 2.37 bits per heavy atom. The maximum Gasteiger partial charge on any atom is 0.240 e. The Hall–Kier alpha value is -1.52. The van der Waals surface area contributed by atoms with Crippen molar-refractivity contribution in [3.8, 4) is 0 Å². The van der Waals surface area contributed by atoms with Crippen LogP contribution in [0.5, 0.6) is 0 Å². The molecule has 0 aliphatic rings. The van der Waals surface area contributed by atoms with E-state index in [-0.39, 0.29) is 0 Å². The monoisotopic (exact) mass is 310 g/mol. The van der Waals surface area contributed by atoms with E-state index in [9.17, 15) is 26.0 Å². The second-order valence-corrected chi connectivity index (χ2v) is 7.47. The SMILES string of the molecule is CS(=O)(=O)CC(=O)Nc1cc(F)ccc1S(N)(=O)=O. The molecule has 0 aliphatic carbocycles. The number of hydrogen-bond donors (Lipinski definition) is 2. The Balaban J connectivity index is 3.14. The first kappa shape index (κ1) is 15.5. The van der Waals surface area contributed by atoms with Gasteiger partial charge in [0, 0.05) is 6.26 Å². The fourth-order valence-electron chi connectivity index (χ4n) is 1.27. The number of amides is 1. The summed E-state index contributed by atoms with van der Waals surface area (Å²) in [5, 5.41) is 6.89. The van der Waals surface area contributed by atoms with Crippen LogP contribution in [0.15, 0.2) is 23.1 Å². The molecule has 0 aliphatic heterocycles. The summed E-state index contributed by atoms with van der Waals surface area (Å²) in [6.45, 7) is 0. The van der Waals surface area contributed by atoms with Crippen LogP contribution in [-0.2, 0) is 24.7 Å². The van der Waals surface area contributed by atoms with Gasteiger partial charge >= 0.3 is 0 Å². The van der Waals surface area contributed by atoms with E-state index in [0.29, 0.717) is 0 Å². The number of nitrogens with one attached hydrogen (secondary N) is 1. The second kappa shape index (κ2) is 5.23. The zero-order valence-corrected chi connectivity index (χ0v) is 11.4. The highest BCUT2D eigenvalue weighted by molar-refractivity contribution is 7.91. The van der Waals surface area contributed by atoms with E-state index in [1.54, 1.807) is 0 Å². The smallest absolute Gasteiger partial charge is 0.240 e. The van der Waals surface area contributed by atoms with Crippen LogP contribution in [0.1, 0.15) is 0 Å². The van der Waals surface area contributed by atoms with Gasteiger partial charge in [0.2, 0.25) is 15.9 Å². The molecule has 0 fully saturated rings. The first-order valence-electron chi connectivity index (χ1n) is 4.79. The van der Waals surface area contributed by atoms with Gasteiger partial charge in [-0.3, -0.25) is 4.79 Å². The summed E-state index contributed by atoms with van der Waals surface area (Å²) in [6, 6.07) is 2.46. The first-order chi connectivity index (χ1) is 8.49. The van der Waals surface area contributed by atoms with E-state index < -0.39 is 47.9 Å². The molecular formula is C9H11FN2O5S2. The van der Waals surface area contributed by atoms with Gasteiger partial charge in [-0.1, -0.05) is 0 Å². The van der Waals surface area contributed by atoms with Gasteiger partial charge in [0.05, 0.1) is 5.69 Å². The van der Waals surface area contributed by atoms with E-state index in [2.05, 4.69) is 0 Å². The number of sulfone groups is 1. The lowest BCUT2D eigenvalue weighted by Gasteiger charge is -2.09. The summed E-state index contributed by atoms with van der Waals surface area (Å²) in [7, 11) is -7.76. The molecule has 1 aromatic rings. The van der Waals surface area contributed by atoms with Gasteiger partial charge < -0.3 is 5.32 Å². The molecule has 0 saturated carbocycles. The van der Waals surface area contributed by atoms with Crippen LogP contribution in [0.25, 0.3) is 0 Å². The van der Waals surface area contributed by atoms with Crippen molar-refractivity contribution < 1.29 is 26.0 Å². The molecule has 10 heteroatoms. The molecule has 19 heavy (non-hydrogen) atoms. The molecule has 0 bridgehead atoms. The third kappa shape index (κ3) is 4.93. The Bertz CT molecular complexity index is 712. The molecule has 1 amide bonds. The molecule has 0 spiro atoms. The fourth-order valence-corrected chi connectivity index (χ4v) is 2.50. The molecule has 3 N–H and O–H groups in total. The minimum Gasteiger partial charge on any atom is -0.324 e. The Kier molecular flexibility index (Phi) is 4.28. The molecule has 0 aromatic heterocycles. The van der Waals surface area contributed by atoms with Gasteiger partial charge in [-0.2, -0.15) is 0 Å². The van der Waals surface area contributed by atoms with Crippen LogP contribution < -0.4 is 10.5 Å². The summed E-state index contributed by atoms with van der Waals surface area (Å²) >= 11 is 0. The van der Waals surface area contributed by atoms with Gasteiger partial charge in [0.1, 0.15) is 16.5 Å². The molecule has 106 valence electrons. The van der Waals surface area contributed by atoms with E-state index >= 15 is 0 Å². The molecule has 0 saturated heterocycles. The number of carbonyl (C=O) groups excluding carboxylic acids is 1. The van der Waals surface area contributed by atoms with Crippen molar-refractivity contribution in [2.45, 2.75) is 4.90 Å². The average Bonchev–Trinajstić information content (AvgIpc) is 2.11. The molecular weight excluding hydrogens is 299 g/mol. The maximum absolute atomic E-state index is 13.0. The highest BCUT2D eigenvalue weighted by Crippen LogP contribution is 2.21. The quantitative estimate of drug-likeness (QED) is 0.772. The Labute approximate surface area is 109 Å². The van der Waals surface area contributed by atoms with Crippen LogP contribution in [0, 0.1) is 5.82 Å². The maximum atomic E-state index is 13.0. The molecule has 0 atom stereocenters. The van der Waals surface area contributed by atoms with E-state index in [1.807, 2.05) is 5.32 Å². The first-order valence-corrected chi connectivity index (χ1v) is 8.39. The van der Waals surface area contributed by atoms with Crippen molar-refractivity contribution in [1.82, 2.24) is 0 Å². The van der Waals surface area contributed by atoms with E-state index in [0.717, 1.165) is 24.5 Å². The third-order valence-corrected chi connectivity index (χ3v) is 3.67. The molecule has 7 nitrogen and oxygen atoms in total. The van der Waals surface area contributed by atoms with Crippen molar-refractivity contribution in [3.05, 3.63) is 24.0 Å². The van der Waals surface area contributed by atoms with Gasteiger partial charge in [0.25, 0.3) is 0 Å². The predicted molar refractivity (Wildman–Crippen MR) is 66.1 cm³/mol. The van der Waals surface area contributed by atoms with Gasteiger partial charge in [-0.15, -0.1) is 0 Å². The average molecular weight is 310 g/mol. The van der Waals surface area contributed by atoms with E-state index in [4.69, 9.17) is 5.14 Å². The lowest BCUT2D eigenvalue weighted by Crippen LogP contribution is -2.24. The molecule has 0 unspecified atom stereocenters.